The zero-order valence-corrected chi connectivity index (χ0v) is 35.7. The van der Waals surface area contributed by atoms with Crippen molar-refractivity contribution in [1.82, 2.24) is 19.5 Å². The van der Waals surface area contributed by atoms with Crippen molar-refractivity contribution in [3.05, 3.63) is 181 Å². The molecule has 0 N–H and O–H groups in total. The van der Waals surface area contributed by atoms with Crippen molar-refractivity contribution in [3.8, 4) is 39.5 Å². The largest absolute Gasteiger partial charge is 0.333 e. The van der Waals surface area contributed by atoms with Gasteiger partial charge in [-0.3, -0.25) is 9.97 Å². The molecule has 9 aromatic rings. The van der Waals surface area contributed by atoms with Crippen LogP contribution in [0.2, 0.25) is 0 Å². The number of imidazole rings is 1. The van der Waals surface area contributed by atoms with Gasteiger partial charge >= 0.3 is 0 Å². The molecule has 0 fully saturated rings. The van der Waals surface area contributed by atoms with Crippen molar-refractivity contribution in [3.63, 3.8) is 0 Å². The molecule has 4 nitrogen and oxygen atoms in total. The Hall–Kier alpha value is -5.74. The summed E-state index contributed by atoms with van der Waals surface area (Å²) in [4.78, 5) is 14.7. The van der Waals surface area contributed by atoms with Crippen LogP contribution in [-0.2, 0) is 20.1 Å². The predicted molar refractivity (Wildman–Crippen MR) is 234 cm³/mol. The Morgan fingerprint density at radius 1 is 0.526 bits per heavy atom. The maximum Gasteiger partial charge on any atom is 0.0774 e. The van der Waals surface area contributed by atoms with Crippen molar-refractivity contribution < 1.29 is 20.1 Å². The first kappa shape index (κ1) is 39.5. The topological polar surface area (TPSA) is 43.6 Å². The van der Waals surface area contributed by atoms with E-state index in [1.54, 1.807) is 6.20 Å². The summed E-state index contributed by atoms with van der Waals surface area (Å²) in [5.74, 6) is 1.82. The van der Waals surface area contributed by atoms with Crippen LogP contribution in [0.15, 0.2) is 152 Å². The molecule has 57 heavy (non-hydrogen) atoms. The fourth-order valence-corrected chi connectivity index (χ4v) is 7.61. The van der Waals surface area contributed by atoms with Gasteiger partial charge in [0.15, 0.2) is 0 Å². The summed E-state index contributed by atoms with van der Waals surface area (Å²) in [6.07, 6.45) is 1.79. The van der Waals surface area contributed by atoms with E-state index in [0.29, 0.717) is 17.8 Å². The Morgan fingerprint density at radius 3 is 1.86 bits per heavy atom. The maximum atomic E-state index is 5.27. The van der Waals surface area contributed by atoms with E-state index in [1.807, 2.05) is 42.5 Å². The molecule has 0 aliphatic rings. The average Bonchev–Trinajstić information content (AvgIpc) is 3.63. The molecule has 5 heteroatoms. The third kappa shape index (κ3) is 7.96. The van der Waals surface area contributed by atoms with Gasteiger partial charge < -0.3 is 9.55 Å². The van der Waals surface area contributed by atoms with Crippen LogP contribution in [0.4, 0.5) is 0 Å². The van der Waals surface area contributed by atoms with Crippen molar-refractivity contribution in [1.29, 1.82) is 0 Å². The molecule has 6 aromatic carbocycles. The predicted octanol–water partition coefficient (Wildman–Crippen LogP) is 13.8. The molecule has 9 rings (SSSR count). The van der Waals surface area contributed by atoms with E-state index >= 15 is 0 Å². The summed E-state index contributed by atoms with van der Waals surface area (Å²) in [6.45, 7) is 13.6. The van der Waals surface area contributed by atoms with Crippen molar-refractivity contribution in [2.45, 2.75) is 59.3 Å². The zero-order chi connectivity index (χ0) is 38.8. The van der Waals surface area contributed by atoms with Gasteiger partial charge in [-0.05, 0) is 92.3 Å². The average molecular weight is 919 g/mol. The summed E-state index contributed by atoms with van der Waals surface area (Å²) in [5, 5.41) is 3.55. The molecule has 0 aliphatic heterocycles. The van der Waals surface area contributed by atoms with Crippen LogP contribution in [0.25, 0.3) is 72.2 Å². The van der Waals surface area contributed by atoms with Crippen LogP contribution in [0.5, 0.6) is 0 Å². The molecule has 0 unspecified atom stereocenters. The minimum absolute atomic E-state index is 0. The van der Waals surface area contributed by atoms with Gasteiger partial charge in [0.25, 0.3) is 0 Å². The molecule has 0 bridgehead atoms. The third-order valence-corrected chi connectivity index (χ3v) is 10.4. The smallest absolute Gasteiger partial charge is 0.0774 e. The molecule has 3 aromatic heterocycles. The van der Waals surface area contributed by atoms with Crippen LogP contribution in [-0.4, -0.2) is 19.5 Å². The second-order valence-corrected chi connectivity index (χ2v) is 15.3. The van der Waals surface area contributed by atoms with E-state index < -0.39 is 0 Å². The van der Waals surface area contributed by atoms with Gasteiger partial charge in [-0.25, -0.2) is 0 Å². The van der Waals surface area contributed by atoms with Gasteiger partial charge in [-0.1, -0.05) is 126 Å². The molecule has 0 saturated heterocycles. The Morgan fingerprint density at radius 2 is 1.19 bits per heavy atom. The molecule has 0 spiro atoms. The molecular formula is C52H46IrN4-2. The van der Waals surface area contributed by atoms with Gasteiger partial charge in [0.1, 0.15) is 0 Å². The van der Waals surface area contributed by atoms with Crippen LogP contribution >= 0.6 is 0 Å². The van der Waals surface area contributed by atoms with Crippen LogP contribution < -0.4 is 0 Å². The Labute approximate surface area is 350 Å². The Kier molecular flexibility index (Phi) is 11.9. The molecule has 0 amide bonds. The summed E-state index contributed by atoms with van der Waals surface area (Å²) < 4.78 is 2.39. The molecule has 3 heterocycles. The van der Waals surface area contributed by atoms with Crippen LogP contribution in [0, 0.1) is 12.1 Å². The van der Waals surface area contributed by atoms with E-state index in [9.17, 15) is 0 Å². The van der Waals surface area contributed by atoms with Crippen molar-refractivity contribution >= 4 is 32.7 Å². The number of hydrogen-bond donors (Lipinski definition) is 0. The second kappa shape index (κ2) is 17.2. The number of nitrogens with zero attached hydrogens (tertiary/aromatic N) is 4. The molecule has 285 valence electrons. The van der Waals surface area contributed by atoms with Gasteiger partial charge in [0, 0.05) is 37.7 Å². The van der Waals surface area contributed by atoms with E-state index in [2.05, 4.69) is 166 Å². The van der Waals surface area contributed by atoms with Crippen molar-refractivity contribution in [2.75, 3.05) is 0 Å². The molecule has 0 saturated carbocycles. The minimum Gasteiger partial charge on any atom is -0.333 e. The van der Waals surface area contributed by atoms with Gasteiger partial charge in [-0.15, -0.1) is 59.7 Å². The van der Waals surface area contributed by atoms with E-state index in [-0.39, 0.29) is 20.1 Å². The van der Waals surface area contributed by atoms with Gasteiger partial charge in [0.05, 0.1) is 16.9 Å². The molecule has 1 radical (unpaired) electrons. The second-order valence-electron chi connectivity index (χ2n) is 15.3. The number of benzene rings is 6. The van der Waals surface area contributed by atoms with Crippen LogP contribution in [0.3, 0.4) is 0 Å². The summed E-state index contributed by atoms with van der Waals surface area (Å²) >= 11 is 0. The Bertz CT molecular complexity index is 2700. The molecular weight excluding hydrogens is 873 g/mol. The number of para-hydroxylation sites is 2. The third-order valence-electron chi connectivity index (χ3n) is 10.4. The summed E-state index contributed by atoms with van der Waals surface area (Å²) in [6, 6.07) is 57.3. The first-order chi connectivity index (χ1) is 27.3. The Balaban J connectivity index is 0.000000326. The normalized spacial score (nSPS) is 11.3. The SMILES string of the molecule is CC(C)c1cc(-c2ccccc2)cc(C(C)C)c1-n1c(-c2[c-]cc3c(c2)nc(C(C)C)c2ccccc23)nc2ccccc21.[Ir].[c-]1ccccc1-c1ccccn1. The quantitative estimate of drug-likeness (QED) is 0.118. The number of hydrogen-bond acceptors (Lipinski definition) is 3. The standard InChI is InChI=1S/C41H38N3.C11H8N.Ir/c1-25(2)34-22-30(28-14-8-7-9-15-28)23-35(26(3)4)40(34)44-38-19-13-12-18-36(38)43-41(44)29-20-21-32-31-16-10-11-17-33(31)39(27(5)6)42-37(32)24-29;1-2-6-10(7-3-1)11-8-4-5-9-12-11;/h7-19,21-27H,1-6H3;1-6,8-9H;/q2*-1;. The fourth-order valence-electron chi connectivity index (χ4n) is 7.61. The summed E-state index contributed by atoms with van der Waals surface area (Å²) in [7, 11) is 0. The van der Waals surface area contributed by atoms with E-state index in [4.69, 9.17) is 9.97 Å². The number of pyridine rings is 2. The first-order valence-corrected chi connectivity index (χ1v) is 19.6. The first-order valence-electron chi connectivity index (χ1n) is 19.6. The number of fused-ring (bicyclic) bond motifs is 4. The number of aromatic nitrogens is 4. The molecule has 0 aliphatic carbocycles. The maximum absolute atomic E-state index is 5.27. The van der Waals surface area contributed by atoms with Gasteiger partial charge in [-0.2, -0.15) is 0 Å². The van der Waals surface area contributed by atoms with E-state index in [0.717, 1.165) is 50.3 Å². The van der Waals surface area contributed by atoms with Gasteiger partial charge in [0.2, 0.25) is 0 Å². The monoisotopic (exact) mass is 919 g/mol. The fraction of sp³-hybridized carbons (Fsp3) is 0.173. The summed E-state index contributed by atoms with van der Waals surface area (Å²) in [5.41, 5.74) is 13.5. The van der Waals surface area contributed by atoms with Crippen molar-refractivity contribution in [2.24, 2.45) is 0 Å². The van der Waals surface area contributed by atoms with Crippen LogP contribution in [0.1, 0.15) is 76.1 Å². The van der Waals surface area contributed by atoms with E-state index in [1.165, 1.54) is 38.7 Å². The zero-order valence-electron chi connectivity index (χ0n) is 33.3. The number of rotatable bonds is 7. The minimum atomic E-state index is 0. The molecule has 0 atom stereocenters.